The average Bonchev–Trinajstić information content (AvgIpc) is 3.03. The number of hydrogen-bond acceptors (Lipinski definition) is 5. The number of carbonyl (C=O) groups is 1. The molecule has 148 valence electrons. The first-order valence-electron chi connectivity index (χ1n) is 9.28. The summed E-state index contributed by atoms with van der Waals surface area (Å²) in [6.07, 6.45) is 7.87. The summed E-state index contributed by atoms with van der Waals surface area (Å²) >= 11 is 0. The molecule has 1 amide bonds. The normalized spacial score (nSPS) is 22.2. The van der Waals surface area contributed by atoms with E-state index < -0.39 is 24.9 Å². The Morgan fingerprint density at radius 3 is 2.48 bits per heavy atom. The van der Waals surface area contributed by atoms with Gasteiger partial charge in [0, 0.05) is 12.1 Å². The average molecular weight is 412 g/mol. The molecule has 0 spiro atoms. The molecule has 2 aliphatic rings. The van der Waals surface area contributed by atoms with Gasteiger partial charge in [0.15, 0.2) is 19.7 Å². The molecule has 27 heavy (non-hydrogen) atoms. The molecular weight excluding hydrogens is 386 g/mol. The van der Waals surface area contributed by atoms with Gasteiger partial charge in [0.25, 0.3) is 5.91 Å². The van der Waals surface area contributed by atoms with E-state index in [1.165, 1.54) is 42.7 Å². The van der Waals surface area contributed by atoms with Crippen molar-refractivity contribution in [1.29, 1.82) is 0 Å². The second-order valence-corrected chi connectivity index (χ2v) is 11.7. The van der Waals surface area contributed by atoms with Crippen LogP contribution in [0.1, 0.15) is 48.9 Å². The summed E-state index contributed by atoms with van der Waals surface area (Å²) in [6.45, 7) is 0.560. The van der Waals surface area contributed by atoms with Crippen LogP contribution >= 0.6 is 0 Å². The molecule has 1 aromatic carbocycles. The maximum absolute atomic E-state index is 12.6. The van der Waals surface area contributed by atoms with E-state index >= 15 is 0 Å². The lowest BCUT2D eigenvalue weighted by atomic mass is 9.97. The quantitative estimate of drug-likeness (QED) is 0.724. The van der Waals surface area contributed by atoms with Gasteiger partial charge < -0.3 is 5.32 Å². The fraction of sp³-hybridized carbons (Fsp3) is 0.526. The minimum atomic E-state index is -3.70. The summed E-state index contributed by atoms with van der Waals surface area (Å²) in [5, 5.41) is 1.96. The predicted molar refractivity (Wildman–Crippen MR) is 104 cm³/mol. The summed E-state index contributed by atoms with van der Waals surface area (Å²) in [5.74, 6) is -0.653. The number of amides is 1. The lowest BCUT2D eigenvalue weighted by Gasteiger charge is -2.13. The van der Waals surface area contributed by atoms with Gasteiger partial charge in [-0.25, -0.2) is 16.8 Å². The third kappa shape index (κ3) is 4.99. The summed E-state index contributed by atoms with van der Waals surface area (Å²) in [4.78, 5) is 12.3. The lowest BCUT2D eigenvalue weighted by molar-refractivity contribution is 0.0954. The SMILES string of the molecule is O=C(NCCC1=CCCCC1)c1ccc(S(=O)(=O)[C@@H]2CCS(=O)(=O)C2)cc1. The monoisotopic (exact) mass is 411 g/mol. The Morgan fingerprint density at radius 2 is 1.89 bits per heavy atom. The summed E-state index contributed by atoms with van der Waals surface area (Å²) in [5.41, 5.74) is 1.78. The van der Waals surface area contributed by atoms with Crippen LogP contribution in [0.3, 0.4) is 0 Å². The molecule has 1 aromatic rings. The van der Waals surface area contributed by atoms with Crippen LogP contribution < -0.4 is 5.32 Å². The first-order chi connectivity index (χ1) is 12.8. The fourth-order valence-corrected chi connectivity index (χ4v) is 7.92. The van der Waals surface area contributed by atoms with Gasteiger partial charge in [0.2, 0.25) is 0 Å². The number of rotatable bonds is 6. The van der Waals surface area contributed by atoms with Crippen LogP contribution in [0.5, 0.6) is 0 Å². The molecule has 1 fully saturated rings. The Kier molecular flexibility index (Phi) is 6.05. The molecule has 1 heterocycles. The maximum Gasteiger partial charge on any atom is 0.251 e. The molecule has 1 atom stereocenters. The largest absolute Gasteiger partial charge is 0.352 e. The Bertz CT molecular complexity index is 931. The maximum atomic E-state index is 12.6. The molecule has 1 saturated heterocycles. The van der Waals surface area contributed by atoms with Gasteiger partial charge in [0.05, 0.1) is 21.7 Å². The van der Waals surface area contributed by atoms with Gasteiger partial charge in [0.1, 0.15) is 0 Å². The zero-order valence-corrected chi connectivity index (χ0v) is 16.8. The van der Waals surface area contributed by atoms with Crippen molar-refractivity contribution in [2.24, 2.45) is 0 Å². The first kappa shape index (κ1) is 20.1. The van der Waals surface area contributed by atoms with Gasteiger partial charge in [-0.1, -0.05) is 11.6 Å². The second kappa shape index (κ2) is 8.14. The van der Waals surface area contributed by atoms with Crippen molar-refractivity contribution in [3.8, 4) is 0 Å². The van der Waals surface area contributed by atoms with Crippen LogP contribution in [0.4, 0.5) is 0 Å². The summed E-state index contributed by atoms with van der Waals surface area (Å²) < 4.78 is 48.3. The molecule has 0 radical (unpaired) electrons. The topological polar surface area (TPSA) is 97.4 Å². The van der Waals surface area contributed by atoms with Gasteiger partial charge in [-0.05, 0) is 62.8 Å². The Labute approximate surface area is 160 Å². The van der Waals surface area contributed by atoms with Crippen LogP contribution in [0.25, 0.3) is 0 Å². The third-order valence-corrected chi connectivity index (χ3v) is 9.38. The highest BCUT2D eigenvalue weighted by atomic mass is 32.2. The smallest absolute Gasteiger partial charge is 0.251 e. The van der Waals surface area contributed by atoms with E-state index in [-0.39, 0.29) is 28.7 Å². The van der Waals surface area contributed by atoms with Crippen LogP contribution in [-0.4, -0.2) is 46.0 Å². The van der Waals surface area contributed by atoms with E-state index in [1.807, 2.05) is 0 Å². The molecule has 0 unspecified atom stereocenters. The Hall–Kier alpha value is -1.67. The standard InChI is InChI=1S/C19H25NO5S2/c21-19(20-12-10-15-4-2-1-3-5-15)16-6-8-17(9-7-16)27(24,25)18-11-13-26(22,23)14-18/h4,6-9,18H,1-3,5,10-14H2,(H,20,21)/t18-/m1/s1. The lowest BCUT2D eigenvalue weighted by Crippen LogP contribution is -2.25. The van der Waals surface area contributed by atoms with Gasteiger partial charge >= 0.3 is 0 Å². The number of carbonyl (C=O) groups excluding carboxylic acids is 1. The molecular formula is C19H25NO5S2. The van der Waals surface area contributed by atoms with Crippen LogP contribution in [0.2, 0.25) is 0 Å². The highest BCUT2D eigenvalue weighted by Crippen LogP contribution is 2.25. The van der Waals surface area contributed by atoms with Gasteiger partial charge in [-0.2, -0.15) is 0 Å². The molecule has 3 rings (SSSR count). The number of hydrogen-bond donors (Lipinski definition) is 1. The van der Waals surface area contributed by atoms with E-state index in [1.54, 1.807) is 0 Å². The highest BCUT2D eigenvalue weighted by Gasteiger charge is 2.37. The summed E-state index contributed by atoms with van der Waals surface area (Å²) in [6, 6.07) is 5.73. The first-order valence-corrected chi connectivity index (χ1v) is 12.7. The van der Waals surface area contributed by atoms with E-state index in [4.69, 9.17) is 0 Å². The summed E-state index contributed by atoms with van der Waals surface area (Å²) in [7, 11) is -6.98. The van der Waals surface area contributed by atoms with Crippen molar-refractivity contribution >= 4 is 25.6 Å². The van der Waals surface area contributed by atoms with Crippen LogP contribution in [0, 0.1) is 0 Å². The predicted octanol–water partition coefficient (Wildman–Crippen LogP) is 2.27. The number of allylic oxidation sites excluding steroid dienone is 1. The van der Waals surface area contributed by atoms with Gasteiger partial charge in [-0.3, -0.25) is 4.79 Å². The van der Waals surface area contributed by atoms with Crippen LogP contribution in [0.15, 0.2) is 40.8 Å². The minimum absolute atomic E-state index is 0.0634. The Balaban J connectivity index is 1.59. The van der Waals surface area contributed by atoms with Crippen molar-refractivity contribution < 1.29 is 21.6 Å². The molecule has 0 bridgehead atoms. The third-order valence-electron chi connectivity index (χ3n) is 5.19. The number of nitrogens with one attached hydrogen (secondary N) is 1. The van der Waals surface area contributed by atoms with E-state index in [0.29, 0.717) is 12.1 Å². The number of benzene rings is 1. The fourth-order valence-electron chi connectivity index (χ4n) is 3.56. The second-order valence-electron chi connectivity index (χ2n) is 7.21. The highest BCUT2D eigenvalue weighted by molar-refractivity contribution is 7.96. The van der Waals surface area contributed by atoms with E-state index in [9.17, 15) is 21.6 Å². The van der Waals surface area contributed by atoms with Crippen molar-refractivity contribution in [3.63, 3.8) is 0 Å². The van der Waals surface area contributed by atoms with Gasteiger partial charge in [-0.15, -0.1) is 0 Å². The molecule has 1 aliphatic carbocycles. The zero-order chi connectivity index (χ0) is 19.5. The van der Waals surface area contributed by atoms with Crippen molar-refractivity contribution in [2.75, 3.05) is 18.1 Å². The molecule has 8 heteroatoms. The number of sulfone groups is 2. The Morgan fingerprint density at radius 1 is 1.15 bits per heavy atom. The minimum Gasteiger partial charge on any atom is -0.352 e. The van der Waals surface area contributed by atoms with Crippen LogP contribution in [-0.2, 0) is 19.7 Å². The molecule has 1 aliphatic heterocycles. The molecule has 0 saturated carbocycles. The van der Waals surface area contributed by atoms with Crippen molar-refractivity contribution in [2.45, 2.75) is 48.7 Å². The van der Waals surface area contributed by atoms with Crippen molar-refractivity contribution in [1.82, 2.24) is 5.32 Å². The molecule has 0 aromatic heterocycles. The van der Waals surface area contributed by atoms with Crippen molar-refractivity contribution in [3.05, 3.63) is 41.5 Å². The zero-order valence-electron chi connectivity index (χ0n) is 15.2. The van der Waals surface area contributed by atoms with E-state index in [2.05, 4.69) is 11.4 Å². The van der Waals surface area contributed by atoms with E-state index in [0.717, 1.165) is 19.3 Å². The molecule has 6 nitrogen and oxygen atoms in total. The molecule has 1 N–H and O–H groups in total.